The Morgan fingerprint density at radius 3 is 2.26 bits per heavy atom. The maximum absolute atomic E-state index is 13.3. The van der Waals surface area contributed by atoms with Crippen LogP contribution in [0.3, 0.4) is 0 Å². The van der Waals surface area contributed by atoms with E-state index in [4.69, 9.17) is 0 Å². The Labute approximate surface area is 219 Å². The van der Waals surface area contributed by atoms with Gasteiger partial charge in [-0.15, -0.1) is 0 Å². The fourth-order valence-electron chi connectivity index (χ4n) is 4.80. The number of rotatable bonds is 6. The summed E-state index contributed by atoms with van der Waals surface area (Å²) in [6.07, 6.45) is 10.8. The fraction of sp³-hybridized carbons (Fsp3) is 0.296. The van der Waals surface area contributed by atoms with Gasteiger partial charge in [0.1, 0.15) is 23.3 Å². The molecule has 194 valence electrons. The van der Waals surface area contributed by atoms with Crippen LogP contribution in [0.1, 0.15) is 25.0 Å². The number of halogens is 1. The lowest BCUT2D eigenvalue weighted by molar-refractivity contribution is 0.101. The van der Waals surface area contributed by atoms with Crippen LogP contribution in [0.25, 0.3) is 16.6 Å². The van der Waals surface area contributed by atoms with E-state index >= 15 is 0 Å². The normalized spacial score (nSPS) is 15.7. The summed E-state index contributed by atoms with van der Waals surface area (Å²) in [7, 11) is 0. The van der Waals surface area contributed by atoms with Crippen molar-refractivity contribution in [3.63, 3.8) is 0 Å². The molecule has 11 heteroatoms. The number of anilines is 2. The number of fused-ring (bicyclic) bond motifs is 1. The fourth-order valence-corrected chi connectivity index (χ4v) is 4.80. The monoisotopic (exact) mass is 513 g/mol. The van der Waals surface area contributed by atoms with Crippen molar-refractivity contribution < 1.29 is 9.50 Å². The van der Waals surface area contributed by atoms with Crippen LogP contribution < -0.4 is 9.80 Å². The molecule has 4 aromatic heterocycles. The summed E-state index contributed by atoms with van der Waals surface area (Å²) in [5.74, 6) is 1.15. The molecule has 1 N–H and O–H groups in total. The van der Waals surface area contributed by atoms with Gasteiger partial charge < -0.3 is 14.9 Å². The number of benzene rings is 1. The van der Waals surface area contributed by atoms with Gasteiger partial charge in [0.25, 0.3) is 0 Å². The quantitative estimate of drug-likeness (QED) is 0.370. The van der Waals surface area contributed by atoms with Crippen LogP contribution in [-0.2, 0) is 12.1 Å². The Morgan fingerprint density at radius 1 is 0.868 bits per heavy atom. The summed E-state index contributed by atoms with van der Waals surface area (Å²) < 4.78 is 17.1. The highest BCUT2D eigenvalue weighted by Crippen LogP contribution is 2.30. The van der Waals surface area contributed by atoms with Crippen molar-refractivity contribution in [1.82, 2.24) is 34.3 Å². The number of aryl methyl sites for hydroxylation is 1. The Morgan fingerprint density at radius 2 is 1.58 bits per heavy atom. The van der Waals surface area contributed by atoms with Gasteiger partial charge in [-0.05, 0) is 37.6 Å². The lowest BCUT2D eigenvalue weighted by atomic mass is 9.90. The Balaban J connectivity index is 1.16. The first-order valence-corrected chi connectivity index (χ1v) is 12.6. The Hall–Kier alpha value is -4.38. The van der Waals surface area contributed by atoms with E-state index in [1.165, 1.54) is 12.1 Å². The number of piperazine rings is 1. The topological polar surface area (TPSA) is 100 Å². The largest absolute Gasteiger partial charge is 0.381 e. The van der Waals surface area contributed by atoms with E-state index in [0.717, 1.165) is 55.2 Å². The zero-order chi connectivity index (χ0) is 26.3. The molecule has 0 amide bonds. The molecule has 1 saturated heterocycles. The van der Waals surface area contributed by atoms with Crippen LogP contribution >= 0.6 is 0 Å². The Bertz CT molecular complexity index is 1550. The molecule has 0 bridgehead atoms. The first-order chi connectivity index (χ1) is 18.4. The molecule has 1 aromatic carbocycles. The zero-order valence-electron chi connectivity index (χ0n) is 21.2. The van der Waals surface area contributed by atoms with Gasteiger partial charge in [-0.3, -0.25) is 4.68 Å². The lowest BCUT2D eigenvalue weighted by Crippen LogP contribution is -2.47. The minimum absolute atomic E-state index is 0.348. The molecule has 1 fully saturated rings. The summed E-state index contributed by atoms with van der Waals surface area (Å²) in [6, 6.07) is 7.91. The molecule has 5 heterocycles. The number of nitrogens with zero attached hydrogens (tertiary/aromatic N) is 9. The molecular formula is C27H28FN9O. The average Bonchev–Trinajstić information content (AvgIpc) is 3.61. The van der Waals surface area contributed by atoms with Crippen LogP contribution in [0.5, 0.6) is 0 Å². The third kappa shape index (κ3) is 4.34. The third-order valence-corrected chi connectivity index (χ3v) is 7.14. The van der Waals surface area contributed by atoms with Crippen molar-refractivity contribution in [3.8, 4) is 11.1 Å². The number of aliphatic hydroxyl groups is 1. The predicted molar refractivity (Wildman–Crippen MR) is 141 cm³/mol. The van der Waals surface area contributed by atoms with E-state index in [1.54, 1.807) is 37.8 Å². The number of hydrogen-bond acceptors (Lipinski definition) is 8. The van der Waals surface area contributed by atoms with Crippen molar-refractivity contribution in [3.05, 3.63) is 84.6 Å². The van der Waals surface area contributed by atoms with E-state index in [9.17, 15) is 9.50 Å². The summed E-state index contributed by atoms with van der Waals surface area (Å²) >= 11 is 0. The van der Waals surface area contributed by atoms with E-state index < -0.39 is 5.60 Å². The van der Waals surface area contributed by atoms with Gasteiger partial charge in [0.15, 0.2) is 5.82 Å². The van der Waals surface area contributed by atoms with Crippen molar-refractivity contribution in [2.75, 3.05) is 36.0 Å². The summed E-state index contributed by atoms with van der Waals surface area (Å²) in [6.45, 7) is 7.48. The molecule has 10 nitrogen and oxygen atoms in total. The second kappa shape index (κ2) is 9.49. The van der Waals surface area contributed by atoms with Gasteiger partial charge in [-0.25, -0.2) is 23.9 Å². The van der Waals surface area contributed by atoms with E-state index in [0.29, 0.717) is 17.1 Å². The molecule has 1 aliphatic rings. The molecule has 0 radical (unpaired) electrons. The third-order valence-electron chi connectivity index (χ3n) is 7.14. The molecule has 0 saturated carbocycles. The molecule has 5 aromatic rings. The smallest absolute Gasteiger partial charge is 0.225 e. The van der Waals surface area contributed by atoms with Crippen LogP contribution in [-0.4, -0.2) is 65.6 Å². The van der Waals surface area contributed by atoms with Gasteiger partial charge >= 0.3 is 0 Å². The van der Waals surface area contributed by atoms with Crippen molar-refractivity contribution in [2.45, 2.75) is 26.0 Å². The Kier molecular flexibility index (Phi) is 5.99. The van der Waals surface area contributed by atoms with Crippen molar-refractivity contribution in [2.24, 2.45) is 0 Å². The second-order valence-corrected chi connectivity index (χ2v) is 9.55. The molecular weight excluding hydrogens is 485 g/mol. The van der Waals surface area contributed by atoms with Gasteiger partial charge in [0, 0.05) is 74.2 Å². The molecule has 1 atom stereocenters. The molecule has 1 aliphatic heterocycles. The van der Waals surface area contributed by atoms with Crippen LogP contribution in [0.2, 0.25) is 0 Å². The summed E-state index contributed by atoms with van der Waals surface area (Å²) in [5.41, 5.74) is 2.84. The first kappa shape index (κ1) is 24.0. The lowest BCUT2D eigenvalue weighted by Gasteiger charge is -2.35. The van der Waals surface area contributed by atoms with Gasteiger partial charge in [0.2, 0.25) is 5.95 Å². The highest BCUT2D eigenvalue weighted by molar-refractivity contribution is 5.77. The molecule has 0 spiro atoms. The highest BCUT2D eigenvalue weighted by Gasteiger charge is 2.28. The molecule has 6 rings (SSSR count). The summed E-state index contributed by atoms with van der Waals surface area (Å²) in [5, 5.41) is 19.8. The molecule has 0 unspecified atom stereocenters. The average molecular weight is 514 g/mol. The number of hydrogen-bond donors (Lipinski definition) is 1. The van der Waals surface area contributed by atoms with E-state index in [2.05, 4.69) is 47.9 Å². The minimum atomic E-state index is -1.32. The van der Waals surface area contributed by atoms with Crippen LogP contribution in [0, 0.1) is 5.82 Å². The summed E-state index contributed by atoms with van der Waals surface area (Å²) in [4.78, 5) is 18.0. The predicted octanol–water partition coefficient (Wildman–Crippen LogP) is 3.12. The SMILES string of the molecule is CCn1cc(-c2cc3c(N4CCN(c5ncc([C@@](C)(O)c6ccc(F)cc6)cn5)CC4)ncnn3c2)cn1. The van der Waals surface area contributed by atoms with Gasteiger partial charge in [-0.2, -0.15) is 10.2 Å². The minimum Gasteiger partial charge on any atom is -0.381 e. The van der Waals surface area contributed by atoms with E-state index in [-0.39, 0.29) is 5.82 Å². The first-order valence-electron chi connectivity index (χ1n) is 12.6. The van der Waals surface area contributed by atoms with E-state index in [1.807, 2.05) is 27.8 Å². The number of aromatic nitrogens is 7. The van der Waals surface area contributed by atoms with Crippen molar-refractivity contribution in [1.29, 1.82) is 0 Å². The highest BCUT2D eigenvalue weighted by atomic mass is 19.1. The second-order valence-electron chi connectivity index (χ2n) is 9.55. The molecule has 0 aliphatic carbocycles. The molecule has 38 heavy (non-hydrogen) atoms. The maximum Gasteiger partial charge on any atom is 0.225 e. The van der Waals surface area contributed by atoms with Crippen LogP contribution in [0.15, 0.2) is 67.6 Å². The van der Waals surface area contributed by atoms with Crippen molar-refractivity contribution >= 4 is 17.3 Å². The maximum atomic E-state index is 13.3. The standard InChI is InChI=1S/C27H28FN9O/c1-3-36-16-20(13-32-36)19-12-24-25(31-18-33-37(24)17-19)34-8-10-35(11-9-34)26-29-14-22(15-30-26)27(2,38)21-4-6-23(28)7-5-21/h4-7,12-18,38H,3,8-11H2,1-2H3/t27-/m0/s1. The van der Waals surface area contributed by atoms with Gasteiger partial charge in [0.05, 0.1) is 6.20 Å². The van der Waals surface area contributed by atoms with Gasteiger partial charge in [-0.1, -0.05) is 12.1 Å². The van der Waals surface area contributed by atoms with Crippen LogP contribution in [0.4, 0.5) is 16.2 Å². The zero-order valence-corrected chi connectivity index (χ0v) is 21.2.